The molecule has 1 aromatic rings. The number of nitrogens with zero attached hydrogens (tertiary/aromatic N) is 3. The van der Waals surface area contributed by atoms with E-state index < -0.39 is 0 Å². The summed E-state index contributed by atoms with van der Waals surface area (Å²) in [5.74, 6) is 2.72. The molecular formula is C16H30N4O. The number of hydrogen-bond donors (Lipinski definition) is 2. The molecule has 5 heteroatoms. The molecule has 1 rings (SSSR count). The van der Waals surface area contributed by atoms with E-state index in [4.69, 9.17) is 4.98 Å². The highest BCUT2D eigenvalue weighted by atomic mass is 16.3. The fourth-order valence-corrected chi connectivity index (χ4v) is 2.63. The first-order valence-corrected chi connectivity index (χ1v) is 8.11. The first-order valence-electron chi connectivity index (χ1n) is 8.11. The molecule has 0 atom stereocenters. The molecule has 0 fully saturated rings. The largest absolute Gasteiger partial charge is 0.395 e. The normalized spacial score (nSPS) is 11.0. The zero-order chi connectivity index (χ0) is 15.8. The van der Waals surface area contributed by atoms with Crippen molar-refractivity contribution in [2.24, 2.45) is 0 Å². The molecule has 5 nitrogen and oxygen atoms in total. The summed E-state index contributed by atoms with van der Waals surface area (Å²) < 4.78 is 0. The molecule has 1 aromatic heterocycles. The Hall–Kier alpha value is -1.36. The van der Waals surface area contributed by atoms with Crippen LogP contribution in [-0.2, 0) is 6.42 Å². The molecular weight excluding hydrogens is 264 g/mol. The first-order chi connectivity index (χ1) is 10.1. The summed E-state index contributed by atoms with van der Waals surface area (Å²) in [6.07, 6.45) is 2.89. The zero-order valence-corrected chi connectivity index (χ0v) is 14.1. The van der Waals surface area contributed by atoms with Crippen LogP contribution >= 0.6 is 0 Å². The van der Waals surface area contributed by atoms with Crippen molar-refractivity contribution in [3.63, 3.8) is 0 Å². The Bertz CT molecular complexity index is 433. The number of aryl methyl sites for hydroxylation is 1. The molecule has 0 spiro atoms. The monoisotopic (exact) mass is 294 g/mol. The SMILES string of the molecule is CCNc1nc(CC)nc(N(CCO)C(CC)CC)c1C. The Kier molecular flexibility index (Phi) is 7.43. The van der Waals surface area contributed by atoms with Crippen LogP contribution in [0.3, 0.4) is 0 Å². The van der Waals surface area contributed by atoms with E-state index in [0.717, 1.165) is 48.8 Å². The van der Waals surface area contributed by atoms with Crippen LogP contribution in [0.25, 0.3) is 0 Å². The van der Waals surface area contributed by atoms with Gasteiger partial charge in [0.1, 0.15) is 17.5 Å². The molecule has 2 N–H and O–H groups in total. The van der Waals surface area contributed by atoms with E-state index in [1.165, 1.54) is 0 Å². The van der Waals surface area contributed by atoms with E-state index in [9.17, 15) is 5.11 Å². The third-order valence-electron chi connectivity index (χ3n) is 3.82. The van der Waals surface area contributed by atoms with Crippen molar-refractivity contribution in [1.29, 1.82) is 0 Å². The second kappa shape index (κ2) is 8.82. The minimum Gasteiger partial charge on any atom is -0.395 e. The van der Waals surface area contributed by atoms with Crippen molar-refractivity contribution >= 4 is 11.6 Å². The van der Waals surface area contributed by atoms with Crippen LogP contribution in [-0.4, -0.2) is 40.8 Å². The average molecular weight is 294 g/mol. The van der Waals surface area contributed by atoms with Crippen molar-refractivity contribution in [3.05, 3.63) is 11.4 Å². The van der Waals surface area contributed by atoms with E-state index in [2.05, 4.69) is 49.8 Å². The van der Waals surface area contributed by atoms with E-state index in [1.54, 1.807) is 0 Å². The molecule has 0 aromatic carbocycles. The maximum Gasteiger partial charge on any atom is 0.137 e. The summed E-state index contributed by atoms with van der Waals surface area (Å²) in [6.45, 7) is 12.1. The van der Waals surface area contributed by atoms with Gasteiger partial charge < -0.3 is 15.3 Å². The van der Waals surface area contributed by atoms with Gasteiger partial charge in [0.05, 0.1) is 6.61 Å². The van der Waals surface area contributed by atoms with Gasteiger partial charge in [0.15, 0.2) is 0 Å². The van der Waals surface area contributed by atoms with Crippen molar-refractivity contribution in [1.82, 2.24) is 9.97 Å². The predicted molar refractivity (Wildman–Crippen MR) is 89.1 cm³/mol. The van der Waals surface area contributed by atoms with Crippen molar-refractivity contribution in [2.45, 2.75) is 59.9 Å². The molecule has 0 aliphatic carbocycles. The standard InChI is InChI=1S/C16H30N4O/c1-6-13(7-2)20(10-11-21)16-12(5)15(17-9-4)18-14(8-3)19-16/h13,21H,6-11H2,1-5H3,(H,17,18,19). The third-order valence-corrected chi connectivity index (χ3v) is 3.82. The lowest BCUT2D eigenvalue weighted by Crippen LogP contribution is -2.38. The van der Waals surface area contributed by atoms with Crippen LogP contribution in [0.5, 0.6) is 0 Å². The van der Waals surface area contributed by atoms with Gasteiger partial charge in [0.25, 0.3) is 0 Å². The summed E-state index contributed by atoms with van der Waals surface area (Å²) >= 11 is 0. The highest BCUT2D eigenvalue weighted by Crippen LogP contribution is 2.27. The molecule has 0 unspecified atom stereocenters. The quantitative estimate of drug-likeness (QED) is 0.733. The topological polar surface area (TPSA) is 61.3 Å². The van der Waals surface area contributed by atoms with Crippen molar-refractivity contribution in [2.75, 3.05) is 29.9 Å². The maximum atomic E-state index is 9.43. The Labute approximate surface area is 128 Å². The molecule has 21 heavy (non-hydrogen) atoms. The Morgan fingerprint density at radius 1 is 1.14 bits per heavy atom. The van der Waals surface area contributed by atoms with Gasteiger partial charge in [-0.05, 0) is 26.7 Å². The van der Waals surface area contributed by atoms with Crippen LogP contribution in [0, 0.1) is 6.92 Å². The summed E-state index contributed by atoms with van der Waals surface area (Å²) in [4.78, 5) is 11.5. The van der Waals surface area contributed by atoms with Gasteiger partial charge in [-0.25, -0.2) is 9.97 Å². The van der Waals surface area contributed by atoms with Gasteiger partial charge in [-0.2, -0.15) is 0 Å². The lowest BCUT2D eigenvalue weighted by molar-refractivity contribution is 0.295. The lowest BCUT2D eigenvalue weighted by Gasteiger charge is -2.32. The van der Waals surface area contributed by atoms with Gasteiger partial charge >= 0.3 is 0 Å². The molecule has 0 saturated heterocycles. The zero-order valence-electron chi connectivity index (χ0n) is 14.1. The van der Waals surface area contributed by atoms with E-state index in [0.29, 0.717) is 12.6 Å². The molecule has 0 aliphatic heterocycles. The number of aliphatic hydroxyl groups is 1. The van der Waals surface area contributed by atoms with Crippen molar-refractivity contribution in [3.8, 4) is 0 Å². The molecule has 0 saturated carbocycles. The number of aromatic nitrogens is 2. The molecule has 0 amide bonds. The fourth-order valence-electron chi connectivity index (χ4n) is 2.63. The Morgan fingerprint density at radius 2 is 1.81 bits per heavy atom. The third kappa shape index (κ3) is 4.30. The Morgan fingerprint density at radius 3 is 2.29 bits per heavy atom. The number of hydrogen-bond acceptors (Lipinski definition) is 5. The van der Waals surface area contributed by atoms with Crippen LogP contribution < -0.4 is 10.2 Å². The number of anilines is 2. The minimum atomic E-state index is 0.137. The number of rotatable bonds is 9. The summed E-state index contributed by atoms with van der Waals surface area (Å²) in [5, 5.41) is 12.7. The van der Waals surface area contributed by atoms with Crippen LogP contribution in [0.15, 0.2) is 0 Å². The Balaban J connectivity index is 3.30. The van der Waals surface area contributed by atoms with Crippen LogP contribution in [0.2, 0.25) is 0 Å². The molecule has 0 aliphatic rings. The minimum absolute atomic E-state index is 0.137. The highest BCUT2D eigenvalue weighted by Gasteiger charge is 2.21. The summed E-state index contributed by atoms with van der Waals surface area (Å²) in [7, 11) is 0. The van der Waals surface area contributed by atoms with Gasteiger partial charge in [-0.15, -0.1) is 0 Å². The maximum absolute atomic E-state index is 9.43. The van der Waals surface area contributed by atoms with Gasteiger partial charge in [-0.1, -0.05) is 20.8 Å². The smallest absolute Gasteiger partial charge is 0.137 e. The summed E-state index contributed by atoms with van der Waals surface area (Å²) in [5.41, 5.74) is 1.06. The van der Waals surface area contributed by atoms with Gasteiger partial charge in [-0.3, -0.25) is 0 Å². The average Bonchev–Trinajstić information content (AvgIpc) is 2.50. The van der Waals surface area contributed by atoms with Crippen LogP contribution in [0.1, 0.15) is 51.9 Å². The van der Waals surface area contributed by atoms with Crippen LogP contribution in [0.4, 0.5) is 11.6 Å². The fraction of sp³-hybridized carbons (Fsp3) is 0.750. The predicted octanol–water partition coefficient (Wildman–Crippen LogP) is 2.77. The molecule has 1 heterocycles. The number of nitrogens with one attached hydrogen (secondary N) is 1. The van der Waals surface area contributed by atoms with E-state index in [1.807, 2.05) is 0 Å². The highest BCUT2D eigenvalue weighted by molar-refractivity contribution is 5.59. The molecule has 120 valence electrons. The second-order valence-electron chi connectivity index (χ2n) is 5.21. The lowest BCUT2D eigenvalue weighted by atomic mass is 10.1. The summed E-state index contributed by atoms with van der Waals surface area (Å²) in [6, 6.07) is 0.393. The second-order valence-corrected chi connectivity index (χ2v) is 5.21. The molecule has 0 bridgehead atoms. The van der Waals surface area contributed by atoms with Gasteiger partial charge in [0, 0.05) is 31.1 Å². The van der Waals surface area contributed by atoms with E-state index in [-0.39, 0.29) is 6.61 Å². The first kappa shape index (κ1) is 17.7. The van der Waals surface area contributed by atoms with E-state index >= 15 is 0 Å². The van der Waals surface area contributed by atoms with Gasteiger partial charge in [0.2, 0.25) is 0 Å². The number of aliphatic hydroxyl groups excluding tert-OH is 1. The van der Waals surface area contributed by atoms with Crippen molar-refractivity contribution < 1.29 is 5.11 Å². The molecule has 0 radical (unpaired) electrons.